The van der Waals surface area contributed by atoms with Crippen molar-refractivity contribution in [1.82, 2.24) is 20.0 Å². The second-order valence-electron chi connectivity index (χ2n) is 6.34. The molecule has 0 saturated carbocycles. The number of carbonyl (C=O) groups is 1. The Morgan fingerprint density at radius 1 is 1.29 bits per heavy atom. The lowest BCUT2D eigenvalue weighted by Gasteiger charge is -2.32. The van der Waals surface area contributed by atoms with Gasteiger partial charge in [0.1, 0.15) is 0 Å². The number of likely N-dealkylation sites (tertiary alicyclic amines) is 1. The highest BCUT2D eigenvalue weighted by Gasteiger charge is 2.23. The summed E-state index contributed by atoms with van der Waals surface area (Å²) in [5, 5.41) is 3.86. The van der Waals surface area contributed by atoms with Gasteiger partial charge in [-0.25, -0.2) is 0 Å². The predicted molar refractivity (Wildman–Crippen MR) is 89.2 cm³/mol. The first-order chi connectivity index (χ1) is 11.7. The van der Waals surface area contributed by atoms with E-state index in [2.05, 4.69) is 27.3 Å². The lowest BCUT2D eigenvalue weighted by molar-refractivity contribution is -0.132. The SMILES string of the molecule is CCc1noc(CCC(=O)N2CCC(Cc3ccncc3)CC2)n1. The zero-order valence-corrected chi connectivity index (χ0v) is 14.1. The van der Waals surface area contributed by atoms with Gasteiger partial charge in [-0.2, -0.15) is 4.98 Å². The second-order valence-corrected chi connectivity index (χ2v) is 6.34. The predicted octanol–water partition coefficient (Wildman–Crippen LogP) is 2.44. The number of piperidine rings is 1. The molecule has 3 rings (SSSR count). The van der Waals surface area contributed by atoms with Gasteiger partial charge in [0.25, 0.3) is 0 Å². The summed E-state index contributed by atoms with van der Waals surface area (Å²) >= 11 is 0. The van der Waals surface area contributed by atoms with Crippen LogP contribution in [0.3, 0.4) is 0 Å². The monoisotopic (exact) mass is 328 g/mol. The van der Waals surface area contributed by atoms with E-state index in [9.17, 15) is 4.79 Å². The third-order valence-electron chi connectivity index (χ3n) is 4.62. The molecule has 1 aliphatic rings. The molecule has 1 amide bonds. The van der Waals surface area contributed by atoms with Gasteiger partial charge in [-0.15, -0.1) is 0 Å². The minimum atomic E-state index is 0.189. The summed E-state index contributed by atoms with van der Waals surface area (Å²) in [6.07, 6.45) is 8.62. The van der Waals surface area contributed by atoms with Gasteiger partial charge in [0.2, 0.25) is 11.8 Å². The summed E-state index contributed by atoms with van der Waals surface area (Å²) in [5.74, 6) is 2.11. The fraction of sp³-hybridized carbons (Fsp3) is 0.556. The summed E-state index contributed by atoms with van der Waals surface area (Å²) in [7, 11) is 0. The molecule has 2 aromatic rings. The maximum absolute atomic E-state index is 12.3. The Kier molecular flexibility index (Phi) is 5.56. The third-order valence-corrected chi connectivity index (χ3v) is 4.62. The molecule has 0 spiro atoms. The Hall–Kier alpha value is -2.24. The van der Waals surface area contributed by atoms with Gasteiger partial charge in [0.15, 0.2) is 5.82 Å². The molecule has 6 heteroatoms. The average Bonchev–Trinajstić information content (AvgIpc) is 3.09. The lowest BCUT2D eigenvalue weighted by Crippen LogP contribution is -2.39. The summed E-state index contributed by atoms with van der Waals surface area (Å²) in [6.45, 7) is 3.67. The van der Waals surface area contributed by atoms with Crippen LogP contribution >= 0.6 is 0 Å². The first kappa shape index (κ1) is 16.6. The smallest absolute Gasteiger partial charge is 0.227 e. The van der Waals surface area contributed by atoms with E-state index in [-0.39, 0.29) is 5.91 Å². The van der Waals surface area contributed by atoms with E-state index in [4.69, 9.17) is 4.52 Å². The van der Waals surface area contributed by atoms with Crippen LogP contribution in [0.1, 0.15) is 43.5 Å². The highest BCUT2D eigenvalue weighted by atomic mass is 16.5. The highest BCUT2D eigenvalue weighted by Crippen LogP contribution is 2.22. The molecule has 0 atom stereocenters. The third kappa shape index (κ3) is 4.40. The molecule has 0 bridgehead atoms. The van der Waals surface area contributed by atoms with Crippen LogP contribution in [-0.2, 0) is 24.1 Å². The molecular formula is C18H24N4O2. The van der Waals surface area contributed by atoms with Crippen LogP contribution in [0.5, 0.6) is 0 Å². The van der Waals surface area contributed by atoms with Crippen molar-refractivity contribution < 1.29 is 9.32 Å². The minimum Gasteiger partial charge on any atom is -0.343 e. The number of amides is 1. The number of aryl methyl sites for hydroxylation is 2. The molecule has 1 fully saturated rings. The number of aromatic nitrogens is 3. The quantitative estimate of drug-likeness (QED) is 0.814. The van der Waals surface area contributed by atoms with Gasteiger partial charge < -0.3 is 9.42 Å². The fourth-order valence-electron chi connectivity index (χ4n) is 3.15. The van der Waals surface area contributed by atoms with E-state index in [1.165, 1.54) is 5.56 Å². The molecular weight excluding hydrogens is 304 g/mol. The van der Waals surface area contributed by atoms with Crippen LogP contribution < -0.4 is 0 Å². The zero-order valence-electron chi connectivity index (χ0n) is 14.1. The molecule has 6 nitrogen and oxygen atoms in total. The Labute approximate surface area is 142 Å². The Morgan fingerprint density at radius 3 is 2.71 bits per heavy atom. The number of pyridine rings is 1. The van der Waals surface area contributed by atoms with E-state index in [0.717, 1.165) is 38.8 Å². The molecule has 1 aliphatic heterocycles. The summed E-state index contributed by atoms with van der Waals surface area (Å²) in [5.41, 5.74) is 1.33. The molecule has 0 N–H and O–H groups in total. The fourth-order valence-corrected chi connectivity index (χ4v) is 3.15. The Balaban J connectivity index is 1.41. The first-order valence-electron chi connectivity index (χ1n) is 8.72. The van der Waals surface area contributed by atoms with E-state index < -0.39 is 0 Å². The van der Waals surface area contributed by atoms with Crippen molar-refractivity contribution in [3.05, 3.63) is 41.8 Å². The molecule has 128 valence electrons. The first-order valence-corrected chi connectivity index (χ1v) is 8.72. The number of hydrogen-bond acceptors (Lipinski definition) is 5. The van der Waals surface area contributed by atoms with Crippen LogP contribution in [0.25, 0.3) is 0 Å². The number of hydrogen-bond donors (Lipinski definition) is 0. The van der Waals surface area contributed by atoms with Crippen molar-refractivity contribution in [1.29, 1.82) is 0 Å². The Morgan fingerprint density at radius 2 is 2.04 bits per heavy atom. The molecule has 0 aliphatic carbocycles. The van der Waals surface area contributed by atoms with Gasteiger partial charge in [-0.3, -0.25) is 9.78 Å². The van der Waals surface area contributed by atoms with E-state index in [1.807, 2.05) is 24.2 Å². The van der Waals surface area contributed by atoms with Gasteiger partial charge >= 0.3 is 0 Å². The minimum absolute atomic E-state index is 0.189. The van der Waals surface area contributed by atoms with Crippen LogP contribution in [-0.4, -0.2) is 39.0 Å². The van der Waals surface area contributed by atoms with Crippen molar-refractivity contribution in [2.45, 2.75) is 45.4 Å². The molecule has 2 aromatic heterocycles. The van der Waals surface area contributed by atoms with Gasteiger partial charge in [0.05, 0.1) is 0 Å². The van der Waals surface area contributed by atoms with Crippen molar-refractivity contribution in [2.75, 3.05) is 13.1 Å². The Bertz CT molecular complexity index is 648. The maximum Gasteiger partial charge on any atom is 0.227 e. The van der Waals surface area contributed by atoms with Crippen LogP contribution in [0.15, 0.2) is 29.0 Å². The van der Waals surface area contributed by atoms with E-state index in [0.29, 0.717) is 30.5 Å². The van der Waals surface area contributed by atoms with Crippen molar-refractivity contribution in [3.63, 3.8) is 0 Å². The van der Waals surface area contributed by atoms with Crippen LogP contribution in [0.2, 0.25) is 0 Å². The number of nitrogens with zero attached hydrogens (tertiary/aromatic N) is 4. The van der Waals surface area contributed by atoms with Gasteiger partial charge in [-0.1, -0.05) is 12.1 Å². The molecule has 3 heterocycles. The molecule has 0 aromatic carbocycles. The largest absolute Gasteiger partial charge is 0.343 e. The van der Waals surface area contributed by atoms with Crippen LogP contribution in [0.4, 0.5) is 0 Å². The molecule has 1 saturated heterocycles. The number of rotatable bonds is 6. The van der Waals surface area contributed by atoms with E-state index >= 15 is 0 Å². The maximum atomic E-state index is 12.3. The van der Waals surface area contributed by atoms with Crippen molar-refractivity contribution >= 4 is 5.91 Å². The standard InChI is InChI=1S/C18H24N4O2/c1-2-16-20-17(24-21-16)3-4-18(23)22-11-7-15(8-12-22)13-14-5-9-19-10-6-14/h5-6,9-10,15H,2-4,7-8,11-13H2,1H3. The van der Waals surface area contributed by atoms with Gasteiger partial charge in [0, 0.05) is 44.7 Å². The van der Waals surface area contributed by atoms with E-state index in [1.54, 1.807) is 0 Å². The molecule has 24 heavy (non-hydrogen) atoms. The summed E-state index contributed by atoms with van der Waals surface area (Å²) in [6, 6.07) is 4.15. The lowest BCUT2D eigenvalue weighted by atomic mass is 9.90. The molecule has 0 unspecified atom stereocenters. The van der Waals surface area contributed by atoms with Crippen molar-refractivity contribution in [2.24, 2.45) is 5.92 Å². The van der Waals surface area contributed by atoms with Crippen molar-refractivity contribution in [3.8, 4) is 0 Å². The normalized spacial score (nSPS) is 15.6. The summed E-state index contributed by atoms with van der Waals surface area (Å²) in [4.78, 5) is 22.6. The summed E-state index contributed by atoms with van der Waals surface area (Å²) < 4.78 is 5.14. The second kappa shape index (κ2) is 8.04. The zero-order chi connectivity index (χ0) is 16.8. The number of carbonyl (C=O) groups excluding carboxylic acids is 1. The topological polar surface area (TPSA) is 72.1 Å². The average molecular weight is 328 g/mol. The van der Waals surface area contributed by atoms with Crippen LogP contribution in [0, 0.1) is 5.92 Å². The molecule has 0 radical (unpaired) electrons. The highest BCUT2D eigenvalue weighted by molar-refractivity contribution is 5.76. The van der Waals surface area contributed by atoms with Gasteiger partial charge in [-0.05, 0) is 42.9 Å².